The van der Waals surface area contributed by atoms with Crippen LogP contribution in [0.15, 0.2) is 22.7 Å². The molecular weight excluding hydrogens is 304 g/mol. The summed E-state index contributed by atoms with van der Waals surface area (Å²) in [6.45, 7) is 3.21. The van der Waals surface area contributed by atoms with Crippen molar-refractivity contribution in [2.24, 2.45) is 0 Å². The van der Waals surface area contributed by atoms with E-state index in [0.717, 1.165) is 0 Å². The molecule has 18 heavy (non-hydrogen) atoms. The molecule has 98 valence electrons. The average molecular weight is 317 g/mol. The Morgan fingerprint density at radius 1 is 1.50 bits per heavy atom. The van der Waals surface area contributed by atoms with Crippen LogP contribution in [0, 0.1) is 10.1 Å². The fraction of sp³-hybridized carbons (Fsp3) is 0.364. The van der Waals surface area contributed by atoms with Crippen LogP contribution in [0.1, 0.15) is 13.8 Å². The summed E-state index contributed by atoms with van der Waals surface area (Å²) in [5.74, 6) is -0.383. The number of carbonyl (C=O) groups is 1. The topological polar surface area (TPSA) is 81.5 Å². The molecule has 0 spiro atoms. The number of ether oxygens (including phenoxy) is 1. The molecule has 0 aliphatic rings. The average Bonchev–Trinajstić information content (AvgIpc) is 2.31. The number of hydrogen-bond acceptors (Lipinski definition) is 4. The van der Waals surface area contributed by atoms with E-state index in [9.17, 15) is 14.9 Å². The van der Waals surface area contributed by atoms with Crippen molar-refractivity contribution in [1.29, 1.82) is 0 Å². The van der Waals surface area contributed by atoms with Crippen molar-refractivity contribution in [2.45, 2.75) is 19.4 Å². The molecule has 0 atom stereocenters. The van der Waals surface area contributed by atoms with Crippen molar-refractivity contribution in [3.8, 4) is 0 Å². The number of halogens is 1. The van der Waals surface area contributed by atoms with Gasteiger partial charge < -0.3 is 10.1 Å². The van der Waals surface area contributed by atoms with Crippen LogP contribution in [-0.2, 0) is 9.53 Å². The van der Waals surface area contributed by atoms with Gasteiger partial charge >= 0.3 is 0 Å². The van der Waals surface area contributed by atoms with E-state index in [1.807, 2.05) is 0 Å². The highest BCUT2D eigenvalue weighted by Crippen LogP contribution is 2.28. The molecule has 1 aromatic carbocycles. The molecule has 1 amide bonds. The Morgan fingerprint density at radius 3 is 2.61 bits per heavy atom. The summed E-state index contributed by atoms with van der Waals surface area (Å²) in [6.07, 6.45) is 0. The summed E-state index contributed by atoms with van der Waals surface area (Å²) in [5, 5.41) is 13.2. The van der Waals surface area contributed by atoms with Crippen LogP contribution in [0.25, 0.3) is 0 Å². The minimum atomic E-state index is -1.01. The van der Waals surface area contributed by atoms with Crippen molar-refractivity contribution < 1.29 is 14.5 Å². The lowest BCUT2D eigenvalue weighted by Crippen LogP contribution is -2.38. The highest BCUT2D eigenvalue weighted by molar-refractivity contribution is 9.10. The molecule has 0 bridgehead atoms. The first-order valence-corrected chi connectivity index (χ1v) is 5.88. The molecule has 1 aromatic rings. The van der Waals surface area contributed by atoms with Gasteiger partial charge in [0.25, 0.3) is 11.6 Å². The van der Waals surface area contributed by atoms with Gasteiger partial charge in [-0.25, -0.2) is 0 Å². The number of rotatable bonds is 4. The summed E-state index contributed by atoms with van der Waals surface area (Å²) in [4.78, 5) is 22.0. The number of non-ortho nitro benzene ring substituents is 1. The molecule has 0 aliphatic heterocycles. The van der Waals surface area contributed by atoms with E-state index in [2.05, 4.69) is 21.2 Å². The van der Waals surface area contributed by atoms with Gasteiger partial charge in [-0.2, -0.15) is 0 Å². The van der Waals surface area contributed by atoms with Crippen LogP contribution < -0.4 is 5.32 Å². The van der Waals surface area contributed by atoms with Crippen molar-refractivity contribution in [3.05, 3.63) is 32.8 Å². The maximum Gasteiger partial charge on any atom is 0.271 e. The SMILES string of the molecule is COC(C)(C)C(=O)Nc1cc([N+](=O)[O-])ccc1Br. The zero-order chi connectivity index (χ0) is 13.9. The first-order chi connectivity index (χ1) is 8.27. The normalized spacial score (nSPS) is 11.1. The molecule has 1 rings (SSSR count). The lowest BCUT2D eigenvalue weighted by Gasteiger charge is -2.21. The number of anilines is 1. The van der Waals surface area contributed by atoms with Gasteiger partial charge in [0.2, 0.25) is 0 Å². The third-order valence-electron chi connectivity index (χ3n) is 2.47. The fourth-order valence-electron chi connectivity index (χ4n) is 1.09. The molecule has 0 aromatic heterocycles. The minimum Gasteiger partial charge on any atom is -0.369 e. The maximum absolute atomic E-state index is 11.9. The quantitative estimate of drug-likeness (QED) is 0.684. The van der Waals surface area contributed by atoms with Crippen LogP contribution >= 0.6 is 15.9 Å². The number of nitrogens with one attached hydrogen (secondary N) is 1. The summed E-state index contributed by atoms with van der Waals surface area (Å²) in [5.41, 5.74) is -0.771. The van der Waals surface area contributed by atoms with Crippen molar-refractivity contribution >= 4 is 33.2 Å². The molecule has 0 radical (unpaired) electrons. The van der Waals surface area contributed by atoms with E-state index < -0.39 is 10.5 Å². The van der Waals surface area contributed by atoms with Gasteiger partial charge in [0.15, 0.2) is 0 Å². The van der Waals surface area contributed by atoms with Crippen molar-refractivity contribution in [2.75, 3.05) is 12.4 Å². The molecule has 1 N–H and O–H groups in total. The maximum atomic E-state index is 11.9. The molecule has 0 saturated carbocycles. The Morgan fingerprint density at radius 2 is 2.11 bits per heavy atom. The van der Waals surface area contributed by atoms with Crippen LogP contribution in [0.5, 0.6) is 0 Å². The number of hydrogen-bond donors (Lipinski definition) is 1. The second kappa shape index (κ2) is 5.45. The monoisotopic (exact) mass is 316 g/mol. The second-order valence-corrected chi connectivity index (χ2v) is 4.94. The Balaban J connectivity index is 3.01. The smallest absolute Gasteiger partial charge is 0.271 e. The summed E-state index contributed by atoms with van der Waals surface area (Å²) in [6, 6.07) is 4.14. The predicted molar refractivity (Wildman–Crippen MR) is 70.5 cm³/mol. The predicted octanol–water partition coefficient (Wildman–Crippen LogP) is 2.72. The van der Waals surface area contributed by atoms with E-state index in [4.69, 9.17) is 4.74 Å². The molecule has 0 unspecified atom stereocenters. The van der Waals surface area contributed by atoms with Gasteiger partial charge in [0.1, 0.15) is 5.60 Å². The number of nitro benzene ring substituents is 1. The highest BCUT2D eigenvalue weighted by atomic mass is 79.9. The first-order valence-electron chi connectivity index (χ1n) is 5.08. The lowest BCUT2D eigenvalue weighted by molar-refractivity contribution is -0.384. The van der Waals surface area contributed by atoms with Gasteiger partial charge in [-0.05, 0) is 35.8 Å². The van der Waals surface area contributed by atoms with Crippen LogP contribution in [0.3, 0.4) is 0 Å². The van der Waals surface area contributed by atoms with E-state index >= 15 is 0 Å². The third-order valence-corrected chi connectivity index (χ3v) is 3.16. The molecule has 0 heterocycles. The largest absolute Gasteiger partial charge is 0.369 e. The number of nitro groups is 1. The van der Waals surface area contributed by atoms with Crippen molar-refractivity contribution in [3.63, 3.8) is 0 Å². The van der Waals surface area contributed by atoms with E-state index in [-0.39, 0.29) is 11.6 Å². The standard InChI is InChI=1S/C11H13BrN2O4/c1-11(2,18-3)10(15)13-9-6-7(14(16)17)4-5-8(9)12/h4-6H,1-3H3,(H,13,15). The minimum absolute atomic E-state index is 0.0938. The Labute approximate surface area is 113 Å². The first kappa shape index (κ1) is 14.6. The summed E-state index contributed by atoms with van der Waals surface area (Å²) >= 11 is 3.22. The molecule has 0 fully saturated rings. The van der Waals surface area contributed by atoms with E-state index in [1.54, 1.807) is 13.8 Å². The van der Waals surface area contributed by atoms with Crippen molar-refractivity contribution in [1.82, 2.24) is 0 Å². The van der Waals surface area contributed by atoms with E-state index in [0.29, 0.717) is 10.2 Å². The zero-order valence-corrected chi connectivity index (χ0v) is 11.8. The Bertz CT molecular complexity index is 488. The number of methoxy groups -OCH3 is 1. The third kappa shape index (κ3) is 3.27. The fourth-order valence-corrected chi connectivity index (χ4v) is 1.43. The zero-order valence-electron chi connectivity index (χ0n) is 10.2. The summed E-state index contributed by atoms with van der Waals surface area (Å²) < 4.78 is 5.59. The van der Waals surface area contributed by atoms with Crippen LogP contribution in [0.4, 0.5) is 11.4 Å². The van der Waals surface area contributed by atoms with Gasteiger partial charge in [0, 0.05) is 23.7 Å². The van der Waals surface area contributed by atoms with Gasteiger partial charge in [0.05, 0.1) is 10.6 Å². The number of amides is 1. The van der Waals surface area contributed by atoms with Crippen LogP contribution in [0.2, 0.25) is 0 Å². The molecule has 7 heteroatoms. The molecule has 0 saturated heterocycles. The summed E-state index contributed by atoms with van der Waals surface area (Å²) in [7, 11) is 1.42. The second-order valence-electron chi connectivity index (χ2n) is 4.09. The van der Waals surface area contributed by atoms with Gasteiger partial charge in [-0.15, -0.1) is 0 Å². The molecular formula is C11H13BrN2O4. The van der Waals surface area contributed by atoms with Gasteiger partial charge in [-0.3, -0.25) is 14.9 Å². The number of carbonyl (C=O) groups excluding carboxylic acids is 1. The van der Waals surface area contributed by atoms with Crippen LogP contribution in [-0.4, -0.2) is 23.5 Å². The lowest BCUT2D eigenvalue weighted by atomic mass is 10.1. The number of benzene rings is 1. The highest BCUT2D eigenvalue weighted by Gasteiger charge is 2.27. The number of nitrogens with zero attached hydrogens (tertiary/aromatic N) is 1. The Kier molecular flexibility index (Phi) is 4.42. The van der Waals surface area contributed by atoms with E-state index in [1.165, 1.54) is 25.3 Å². The Hall–Kier alpha value is -1.47. The van der Waals surface area contributed by atoms with Gasteiger partial charge in [-0.1, -0.05) is 0 Å². The molecule has 6 nitrogen and oxygen atoms in total. The molecule has 0 aliphatic carbocycles.